The predicted molar refractivity (Wildman–Crippen MR) is 136 cm³/mol. The van der Waals surface area contributed by atoms with Crippen LogP contribution in [0.25, 0.3) is 17.2 Å². The number of pyridine rings is 1. The second-order valence-electron chi connectivity index (χ2n) is 9.86. The molecular weight excluding hydrogens is 460 g/mol. The molecule has 0 spiro atoms. The molecule has 4 rings (SSSR count). The number of morpholine rings is 1. The van der Waals surface area contributed by atoms with Crippen LogP contribution < -0.4 is 15.7 Å². The number of amides is 1. The van der Waals surface area contributed by atoms with Crippen LogP contribution in [-0.2, 0) is 22.5 Å². The Labute approximate surface area is 210 Å². The highest BCUT2D eigenvalue weighted by molar-refractivity contribution is 5.77. The molecule has 3 heterocycles. The molecule has 0 radical (unpaired) electrons. The van der Waals surface area contributed by atoms with Crippen molar-refractivity contribution in [2.24, 2.45) is 0 Å². The van der Waals surface area contributed by atoms with Gasteiger partial charge in [-0.3, -0.25) is 14.3 Å². The molecule has 10 heteroatoms. The van der Waals surface area contributed by atoms with Gasteiger partial charge in [-0.15, -0.1) is 5.10 Å². The summed E-state index contributed by atoms with van der Waals surface area (Å²) in [7, 11) is 1.58. The summed E-state index contributed by atoms with van der Waals surface area (Å²) < 4.78 is 13.4. The van der Waals surface area contributed by atoms with E-state index in [0.717, 1.165) is 44.8 Å². The quantitative estimate of drug-likeness (QED) is 0.510. The maximum atomic E-state index is 13.4. The summed E-state index contributed by atoms with van der Waals surface area (Å²) >= 11 is 0. The lowest BCUT2D eigenvalue weighted by molar-refractivity contribution is -0.123. The molecule has 1 N–H and O–H groups in total. The Bertz CT molecular complexity index is 1240. The zero-order chi connectivity index (χ0) is 25.7. The highest BCUT2D eigenvalue weighted by atomic mass is 16.5. The first-order valence-electron chi connectivity index (χ1n) is 12.1. The van der Waals surface area contributed by atoms with Crippen LogP contribution in [0.15, 0.2) is 47.4 Å². The first-order valence-corrected chi connectivity index (χ1v) is 12.1. The molecule has 0 aliphatic carbocycles. The lowest BCUT2D eigenvalue weighted by Crippen LogP contribution is -2.43. The van der Waals surface area contributed by atoms with Crippen LogP contribution in [0.1, 0.15) is 26.3 Å². The molecule has 0 saturated carbocycles. The zero-order valence-corrected chi connectivity index (χ0v) is 21.4. The van der Waals surface area contributed by atoms with Crippen molar-refractivity contribution in [2.75, 3.05) is 40.0 Å². The monoisotopic (exact) mass is 494 g/mol. The Balaban J connectivity index is 1.62. The molecule has 0 bridgehead atoms. The van der Waals surface area contributed by atoms with Gasteiger partial charge in [-0.2, -0.15) is 4.68 Å². The number of ether oxygens (including phenoxy) is 2. The summed E-state index contributed by atoms with van der Waals surface area (Å²) in [4.78, 5) is 33.0. The summed E-state index contributed by atoms with van der Waals surface area (Å²) in [6.07, 6.45) is 2.64. The van der Waals surface area contributed by atoms with Crippen molar-refractivity contribution >= 4 is 5.91 Å². The Morgan fingerprint density at radius 3 is 2.61 bits per heavy atom. The smallest absolute Gasteiger partial charge is 0.352 e. The number of nitrogens with one attached hydrogen (secondary N) is 1. The first kappa shape index (κ1) is 25.6. The lowest BCUT2D eigenvalue weighted by atomic mass is 10.1. The second-order valence-corrected chi connectivity index (χ2v) is 9.86. The van der Waals surface area contributed by atoms with Gasteiger partial charge in [0.1, 0.15) is 12.3 Å². The number of hydrogen-bond donors (Lipinski definition) is 1. The Morgan fingerprint density at radius 2 is 1.94 bits per heavy atom. The van der Waals surface area contributed by atoms with Gasteiger partial charge in [0, 0.05) is 36.9 Å². The number of aromatic nitrogens is 4. The molecule has 3 aromatic rings. The molecule has 1 aliphatic rings. The van der Waals surface area contributed by atoms with Crippen molar-refractivity contribution in [3.63, 3.8) is 0 Å². The number of methoxy groups -OCH3 is 1. The van der Waals surface area contributed by atoms with Crippen LogP contribution in [-0.4, -0.2) is 75.6 Å². The van der Waals surface area contributed by atoms with E-state index < -0.39 is 11.2 Å². The predicted octanol–water partition coefficient (Wildman–Crippen LogP) is 1.89. The average molecular weight is 495 g/mol. The third kappa shape index (κ3) is 6.38. The minimum atomic E-state index is -0.439. The van der Waals surface area contributed by atoms with Crippen LogP contribution in [0, 0.1) is 0 Å². The SMILES string of the molecule is COc1cccc(-c2nn(-c3ccc(CCN4CCOCC4)cn3)c(=O)n2CC(=O)NC(C)(C)C)c1. The Hall–Kier alpha value is -3.50. The van der Waals surface area contributed by atoms with E-state index in [4.69, 9.17) is 9.47 Å². The van der Waals surface area contributed by atoms with E-state index in [1.807, 2.05) is 45.0 Å². The standard InChI is InChI=1S/C26H34N6O4/c1-26(2,3)28-23(33)18-31-24(20-6-5-7-21(16-20)35-4)29-32(25(31)34)22-9-8-19(17-27-22)10-11-30-12-14-36-15-13-30/h5-9,16-17H,10-15,18H2,1-4H3,(H,28,33). The van der Waals surface area contributed by atoms with Crippen LogP contribution in [0.5, 0.6) is 5.75 Å². The molecule has 1 aromatic carbocycles. The summed E-state index contributed by atoms with van der Waals surface area (Å²) in [5.74, 6) is 1.11. The van der Waals surface area contributed by atoms with Crippen molar-refractivity contribution in [1.29, 1.82) is 0 Å². The van der Waals surface area contributed by atoms with Crippen LogP contribution in [0.3, 0.4) is 0 Å². The minimum absolute atomic E-state index is 0.166. The van der Waals surface area contributed by atoms with Crippen molar-refractivity contribution in [1.82, 2.24) is 29.5 Å². The lowest BCUT2D eigenvalue weighted by Gasteiger charge is -2.26. The van der Waals surface area contributed by atoms with Gasteiger partial charge in [0.25, 0.3) is 0 Å². The molecule has 0 atom stereocenters. The van der Waals surface area contributed by atoms with Gasteiger partial charge in [-0.05, 0) is 51.0 Å². The fraction of sp³-hybridized carbons (Fsp3) is 0.462. The molecule has 0 unspecified atom stereocenters. The molecule has 1 amide bonds. The summed E-state index contributed by atoms with van der Waals surface area (Å²) in [5, 5.41) is 7.48. The summed E-state index contributed by atoms with van der Waals surface area (Å²) in [6, 6.07) is 11.0. The number of benzene rings is 1. The van der Waals surface area contributed by atoms with Gasteiger partial charge in [-0.25, -0.2) is 9.78 Å². The highest BCUT2D eigenvalue weighted by Crippen LogP contribution is 2.22. The van der Waals surface area contributed by atoms with Gasteiger partial charge < -0.3 is 14.8 Å². The molecule has 36 heavy (non-hydrogen) atoms. The van der Waals surface area contributed by atoms with Crippen molar-refractivity contribution < 1.29 is 14.3 Å². The molecule has 1 fully saturated rings. The number of carbonyl (C=O) groups is 1. The van der Waals surface area contributed by atoms with Gasteiger partial charge >= 0.3 is 5.69 Å². The summed E-state index contributed by atoms with van der Waals surface area (Å²) in [6.45, 7) is 9.86. The number of nitrogens with zero attached hydrogens (tertiary/aromatic N) is 5. The fourth-order valence-corrected chi connectivity index (χ4v) is 4.07. The van der Waals surface area contributed by atoms with Gasteiger partial charge in [0.05, 0.1) is 20.3 Å². The van der Waals surface area contributed by atoms with Crippen molar-refractivity contribution in [3.05, 3.63) is 58.6 Å². The number of rotatable bonds is 8. The second kappa shape index (κ2) is 11.0. The van der Waals surface area contributed by atoms with Crippen LogP contribution in [0.4, 0.5) is 0 Å². The molecule has 10 nitrogen and oxygen atoms in total. The average Bonchev–Trinajstić information content (AvgIpc) is 3.18. The number of carbonyl (C=O) groups excluding carboxylic acids is 1. The Kier molecular flexibility index (Phi) is 7.85. The fourth-order valence-electron chi connectivity index (χ4n) is 4.07. The molecule has 1 saturated heterocycles. The minimum Gasteiger partial charge on any atom is -0.497 e. The van der Waals surface area contributed by atoms with Crippen molar-refractivity contribution in [2.45, 2.75) is 39.3 Å². The van der Waals surface area contributed by atoms with Crippen molar-refractivity contribution in [3.8, 4) is 23.0 Å². The largest absolute Gasteiger partial charge is 0.497 e. The molecule has 1 aliphatic heterocycles. The zero-order valence-electron chi connectivity index (χ0n) is 21.4. The van der Waals surface area contributed by atoms with Crippen LogP contribution >= 0.6 is 0 Å². The van der Waals surface area contributed by atoms with E-state index in [1.54, 1.807) is 25.4 Å². The highest BCUT2D eigenvalue weighted by Gasteiger charge is 2.22. The van der Waals surface area contributed by atoms with E-state index in [-0.39, 0.29) is 12.5 Å². The molecule has 192 valence electrons. The van der Waals surface area contributed by atoms with Gasteiger partial charge in [0.2, 0.25) is 5.91 Å². The van der Waals surface area contributed by atoms with Crippen LogP contribution in [0.2, 0.25) is 0 Å². The number of hydrogen-bond acceptors (Lipinski definition) is 7. The molecular formula is C26H34N6O4. The topological polar surface area (TPSA) is 104 Å². The third-order valence-corrected chi connectivity index (χ3v) is 5.85. The maximum absolute atomic E-state index is 13.4. The summed E-state index contributed by atoms with van der Waals surface area (Å²) in [5.41, 5.74) is 0.877. The van der Waals surface area contributed by atoms with E-state index in [0.29, 0.717) is 23.0 Å². The maximum Gasteiger partial charge on any atom is 0.352 e. The Morgan fingerprint density at radius 1 is 1.17 bits per heavy atom. The first-order chi connectivity index (χ1) is 17.2. The van der Waals surface area contributed by atoms with E-state index in [2.05, 4.69) is 20.3 Å². The third-order valence-electron chi connectivity index (χ3n) is 5.85. The van der Waals surface area contributed by atoms with Gasteiger partial charge in [0.15, 0.2) is 11.6 Å². The van der Waals surface area contributed by atoms with E-state index in [9.17, 15) is 9.59 Å². The van der Waals surface area contributed by atoms with E-state index >= 15 is 0 Å². The van der Waals surface area contributed by atoms with Gasteiger partial charge in [-0.1, -0.05) is 18.2 Å². The normalized spacial score (nSPS) is 14.6. The molecule has 2 aromatic heterocycles. The van der Waals surface area contributed by atoms with E-state index in [1.165, 1.54) is 9.25 Å².